The molecule has 0 rings (SSSR count). The Labute approximate surface area is 220 Å². The first-order chi connectivity index (χ1) is 16.1. The fourth-order valence-electron chi connectivity index (χ4n) is 4.72. The molecular formula is C28H58OSi4. The summed E-state index contributed by atoms with van der Waals surface area (Å²) in [4.78, 5) is 0. The van der Waals surface area contributed by atoms with E-state index in [0.717, 1.165) is 11.1 Å². The van der Waals surface area contributed by atoms with Gasteiger partial charge in [0.1, 0.15) is 0 Å². The van der Waals surface area contributed by atoms with Gasteiger partial charge in [-0.3, -0.25) is 0 Å². The Kier molecular flexibility index (Phi) is 26.6. The third-order valence-electron chi connectivity index (χ3n) is 7.09. The van der Waals surface area contributed by atoms with E-state index in [2.05, 4.69) is 47.2 Å². The Morgan fingerprint density at radius 2 is 0.667 bits per heavy atom. The second-order valence-corrected chi connectivity index (χ2v) is 17.2. The highest BCUT2D eigenvalue weighted by Gasteiger charge is 2.27. The van der Waals surface area contributed by atoms with E-state index in [4.69, 9.17) is 4.12 Å². The second kappa shape index (κ2) is 25.9. The summed E-state index contributed by atoms with van der Waals surface area (Å²) in [5.41, 5.74) is 1.54. The van der Waals surface area contributed by atoms with Crippen molar-refractivity contribution in [2.24, 2.45) is 0 Å². The lowest BCUT2D eigenvalue weighted by Crippen LogP contribution is -2.37. The number of hydrogen-bond acceptors (Lipinski definition) is 1. The van der Waals surface area contributed by atoms with Gasteiger partial charge in [0.2, 0.25) is 0 Å². The van der Waals surface area contributed by atoms with Crippen LogP contribution in [0.3, 0.4) is 0 Å². The summed E-state index contributed by atoms with van der Waals surface area (Å²) in [6.07, 6.45) is 30.4. The molecule has 0 aromatic carbocycles. The second-order valence-electron chi connectivity index (χ2n) is 10.3. The van der Waals surface area contributed by atoms with Crippen LogP contribution in [0.4, 0.5) is 0 Å². The first kappa shape index (κ1) is 33.8. The van der Waals surface area contributed by atoms with Crippen LogP contribution in [0.1, 0.15) is 169 Å². The Bertz CT molecular complexity index is 349. The Hall–Kier alpha value is 0.828. The maximum Gasteiger partial charge on any atom is 0.175 e. The van der Waals surface area contributed by atoms with Crippen molar-refractivity contribution >= 4 is 36.6 Å². The topological polar surface area (TPSA) is 9.23 Å². The molecule has 1 nitrogen and oxygen atoms in total. The van der Waals surface area contributed by atoms with Gasteiger partial charge in [-0.25, -0.2) is 0 Å². The number of rotatable bonds is 26. The summed E-state index contributed by atoms with van der Waals surface area (Å²) in [5, 5.41) is 0. The van der Waals surface area contributed by atoms with Crippen molar-refractivity contribution < 1.29 is 4.12 Å². The Morgan fingerprint density at radius 3 is 1.00 bits per heavy atom. The molecular weight excluding hydrogens is 465 g/mol. The van der Waals surface area contributed by atoms with Crippen molar-refractivity contribution in [1.82, 2.24) is 0 Å². The lowest BCUT2D eigenvalue weighted by Gasteiger charge is -2.30. The predicted molar refractivity (Wildman–Crippen MR) is 156 cm³/mol. The molecule has 0 fully saturated rings. The van der Waals surface area contributed by atoms with Crippen LogP contribution in [0.25, 0.3) is 0 Å². The molecule has 2 atom stereocenters. The minimum Gasteiger partial charge on any atom is -0.460 e. The van der Waals surface area contributed by atoms with Gasteiger partial charge in [0.15, 0.2) is 17.1 Å². The molecule has 0 amide bonds. The lowest BCUT2D eigenvalue weighted by atomic mass is 10.0. The van der Waals surface area contributed by atoms with E-state index < -0.39 is 17.1 Å². The zero-order valence-corrected chi connectivity index (χ0v) is 27.1. The van der Waals surface area contributed by atoms with Gasteiger partial charge in [-0.15, -0.1) is 0 Å². The fourth-order valence-corrected chi connectivity index (χ4v) is 13.5. The molecule has 0 N–H and O–H groups in total. The predicted octanol–water partition coefficient (Wildman–Crippen LogP) is 9.72. The van der Waals surface area contributed by atoms with Crippen LogP contribution in [-0.4, -0.2) is 36.6 Å². The molecule has 0 aliphatic heterocycles. The molecule has 0 aromatic heterocycles. The lowest BCUT2D eigenvalue weighted by molar-refractivity contribution is 0.483. The smallest absolute Gasteiger partial charge is 0.175 e. The molecule has 33 heavy (non-hydrogen) atoms. The van der Waals surface area contributed by atoms with E-state index in [-0.39, 0.29) is 0 Å². The van der Waals surface area contributed by atoms with Crippen LogP contribution in [-0.2, 0) is 4.12 Å². The van der Waals surface area contributed by atoms with E-state index in [1.807, 2.05) is 0 Å². The molecule has 0 spiro atoms. The van der Waals surface area contributed by atoms with E-state index in [1.54, 1.807) is 0 Å². The van der Waals surface area contributed by atoms with Crippen LogP contribution in [0.5, 0.6) is 0 Å². The maximum absolute atomic E-state index is 6.86. The van der Waals surface area contributed by atoms with Crippen LogP contribution >= 0.6 is 0 Å². The third-order valence-corrected chi connectivity index (χ3v) is 15.8. The number of unbranched alkanes of at least 4 members (excludes halogenated alkanes) is 14. The standard InChI is InChI=1S/C28H58OSi4/c1-5-9-13-15-17-21-25-27(23-19-11-7-3)32(30)29-33(31)28(24-20-12-8-4)26-22-18-16-14-10-6-2/h27-28H,5-26H2,1-4H3. The summed E-state index contributed by atoms with van der Waals surface area (Å²) < 4.78 is 6.86. The number of hydrogen-bond donors (Lipinski definition) is 0. The summed E-state index contributed by atoms with van der Waals surface area (Å²) in [6.45, 7) is 9.26. The Morgan fingerprint density at radius 1 is 0.424 bits per heavy atom. The zero-order valence-electron chi connectivity index (χ0n) is 23.1. The minimum atomic E-state index is -0.919. The SMILES string of the molecule is CCCCCCCCC(CCCCC)[Si]([Si])O[Si]([Si])C(CCCCC)CCCCCCCC. The van der Waals surface area contributed by atoms with E-state index in [1.165, 1.54) is 141 Å². The van der Waals surface area contributed by atoms with Gasteiger partial charge in [-0.2, -0.15) is 0 Å². The highest BCUT2D eigenvalue weighted by molar-refractivity contribution is 7.09. The summed E-state index contributed by atoms with van der Waals surface area (Å²) in [5.74, 6) is 0. The van der Waals surface area contributed by atoms with Crippen molar-refractivity contribution in [3.05, 3.63) is 0 Å². The van der Waals surface area contributed by atoms with Gasteiger partial charge in [-0.05, 0) is 11.1 Å². The Balaban J connectivity index is 4.64. The molecule has 8 radical (unpaired) electrons. The van der Waals surface area contributed by atoms with Gasteiger partial charge in [0.05, 0.1) is 0 Å². The van der Waals surface area contributed by atoms with Crippen LogP contribution < -0.4 is 0 Å². The van der Waals surface area contributed by atoms with E-state index >= 15 is 0 Å². The first-order valence-electron chi connectivity index (χ1n) is 14.9. The quantitative estimate of drug-likeness (QED) is 0.0811. The highest BCUT2D eigenvalue weighted by atomic mass is 29.2. The van der Waals surface area contributed by atoms with Crippen molar-refractivity contribution in [3.63, 3.8) is 0 Å². The molecule has 0 saturated carbocycles. The average Bonchev–Trinajstić information content (AvgIpc) is 2.81. The van der Waals surface area contributed by atoms with Gasteiger partial charge in [0, 0.05) is 19.5 Å². The third kappa shape index (κ3) is 20.7. The molecule has 192 valence electrons. The van der Waals surface area contributed by atoms with Gasteiger partial charge in [0.25, 0.3) is 0 Å². The molecule has 0 aliphatic rings. The molecule has 5 heteroatoms. The molecule has 0 heterocycles. The van der Waals surface area contributed by atoms with Gasteiger partial charge < -0.3 is 4.12 Å². The molecule has 0 aliphatic carbocycles. The van der Waals surface area contributed by atoms with Crippen LogP contribution in [0.15, 0.2) is 0 Å². The maximum atomic E-state index is 6.86. The largest absolute Gasteiger partial charge is 0.460 e. The average molecular weight is 523 g/mol. The van der Waals surface area contributed by atoms with Gasteiger partial charge in [-0.1, -0.05) is 169 Å². The van der Waals surface area contributed by atoms with E-state index in [9.17, 15) is 0 Å². The molecule has 0 saturated heterocycles. The monoisotopic (exact) mass is 522 g/mol. The highest BCUT2D eigenvalue weighted by Crippen LogP contribution is 2.30. The fraction of sp³-hybridized carbons (Fsp3) is 1.00. The van der Waals surface area contributed by atoms with Crippen molar-refractivity contribution in [3.8, 4) is 0 Å². The zero-order chi connectivity index (χ0) is 24.6. The normalized spacial score (nSPS) is 13.8. The van der Waals surface area contributed by atoms with E-state index in [0.29, 0.717) is 0 Å². The first-order valence-corrected chi connectivity index (χ1v) is 20.9. The van der Waals surface area contributed by atoms with Gasteiger partial charge >= 0.3 is 0 Å². The van der Waals surface area contributed by atoms with Crippen molar-refractivity contribution in [2.75, 3.05) is 0 Å². The summed E-state index contributed by atoms with van der Waals surface area (Å²) in [7, 11) is 6.53. The van der Waals surface area contributed by atoms with Crippen LogP contribution in [0, 0.1) is 0 Å². The molecule has 0 aromatic rings. The minimum absolute atomic E-state index is 0.770. The van der Waals surface area contributed by atoms with Crippen molar-refractivity contribution in [1.29, 1.82) is 0 Å². The van der Waals surface area contributed by atoms with Crippen molar-refractivity contribution in [2.45, 2.75) is 180 Å². The van der Waals surface area contributed by atoms with Crippen LogP contribution in [0.2, 0.25) is 11.1 Å². The summed E-state index contributed by atoms with van der Waals surface area (Å²) in [6, 6.07) is 0. The molecule has 2 unspecified atom stereocenters. The summed E-state index contributed by atoms with van der Waals surface area (Å²) >= 11 is 0. The molecule has 0 bridgehead atoms.